The van der Waals surface area contributed by atoms with Gasteiger partial charge in [-0.2, -0.15) is 24.7 Å². The van der Waals surface area contributed by atoms with Crippen molar-refractivity contribution in [1.29, 1.82) is 0 Å². The second-order valence-corrected chi connectivity index (χ2v) is 4.44. The van der Waals surface area contributed by atoms with Crippen LogP contribution in [0.1, 0.15) is 5.82 Å². The van der Waals surface area contributed by atoms with E-state index in [1.54, 1.807) is 6.33 Å². The molecule has 0 saturated heterocycles. The number of halogens is 1. The van der Waals surface area contributed by atoms with Crippen molar-refractivity contribution in [3.05, 3.63) is 30.1 Å². The van der Waals surface area contributed by atoms with Crippen molar-refractivity contribution in [2.45, 2.75) is 6.42 Å². The lowest BCUT2D eigenvalue weighted by Gasteiger charge is -2.06. The third kappa shape index (κ3) is 3.11. The predicted octanol–water partition coefficient (Wildman–Crippen LogP) is -0.111. The molecule has 0 bridgehead atoms. The van der Waals surface area contributed by atoms with Crippen molar-refractivity contribution in [2.24, 2.45) is 7.05 Å². The number of rotatable bonds is 5. The molecule has 0 aliphatic heterocycles. The molecule has 1 N–H and O–H groups in total. The zero-order chi connectivity index (χ0) is 14.7. The Kier molecular flexibility index (Phi) is 3.69. The van der Waals surface area contributed by atoms with Gasteiger partial charge in [0.05, 0.1) is 0 Å². The molecule has 0 amide bonds. The van der Waals surface area contributed by atoms with Crippen LogP contribution in [0.3, 0.4) is 0 Å². The molecule has 0 aliphatic rings. The predicted molar refractivity (Wildman–Crippen MR) is 73.0 cm³/mol. The van der Waals surface area contributed by atoms with Gasteiger partial charge in [-0.05, 0) is 11.6 Å². The quantitative estimate of drug-likeness (QED) is 0.695. The minimum Gasteiger partial charge on any atom is -0.354 e. The van der Waals surface area contributed by atoms with Crippen LogP contribution < -0.4 is 5.32 Å². The van der Waals surface area contributed by atoms with Crippen molar-refractivity contribution < 1.29 is 0 Å². The molecule has 0 unspecified atom stereocenters. The second kappa shape index (κ2) is 5.79. The first-order chi connectivity index (χ1) is 10.2. The van der Waals surface area contributed by atoms with E-state index in [9.17, 15) is 0 Å². The zero-order valence-electron chi connectivity index (χ0n) is 11.0. The molecule has 0 fully saturated rings. The van der Waals surface area contributed by atoms with E-state index in [4.69, 9.17) is 11.6 Å². The van der Waals surface area contributed by atoms with E-state index in [-0.39, 0.29) is 5.28 Å². The summed E-state index contributed by atoms with van der Waals surface area (Å²) in [5.74, 6) is 1.52. The summed E-state index contributed by atoms with van der Waals surface area (Å²) in [5, 5.41) is 14.9. The molecule has 0 aliphatic carbocycles. The first-order valence-electron chi connectivity index (χ1n) is 6.05. The van der Waals surface area contributed by atoms with Gasteiger partial charge in [-0.3, -0.25) is 0 Å². The molecule has 0 radical (unpaired) electrons. The van der Waals surface area contributed by atoms with Gasteiger partial charge in [-0.1, -0.05) is 0 Å². The summed E-state index contributed by atoms with van der Waals surface area (Å²) >= 11 is 5.88. The third-order valence-corrected chi connectivity index (χ3v) is 2.83. The van der Waals surface area contributed by atoms with Gasteiger partial charge < -0.3 is 9.88 Å². The van der Waals surface area contributed by atoms with Gasteiger partial charge in [0, 0.05) is 20.0 Å². The molecule has 0 saturated carbocycles. The molecule has 21 heavy (non-hydrogen) atoms. The lowest BCUT2D eigenvalue weighted by Crippen LogP contribution is -2.13. The zero-order valence-corrected chi connectivity index (χ0v) is 11.8. The van der Waals surface area contributed by atoms with Crippen molar-refractivity contribution in [1.82, 2.24) is 44.5 Å². The Morgan fingerprint density at radius 1 is 1.24 bits per heavy atom. The Labute approximate surface area is 124 Å². The number of aryl methyl sites for hydroxylation is 1. The largest absolute Gasteiger partial charge is 0.354 e. The van der Waals surface area contributed by atoms with Gasteiger partial charge in [0.2, 0.25) is 11.2 Å². The van der Waals surface area contributed by atoms with Crippen LogP contribution in [-0.4, -0.2) is 51.0 Å². The average molecular weight is 307 g/mol. The third-order valence-electron chi connectivity index (χ3n) is 2.66. The molecular formula is C10H11ClN10. The van der Waals surface area contributed by atoms with Crippen molar-refractivity contribution >= 4 is 17.5 Å². The maximum Gasteiger partial charge on any atom is 0.258 e. The van der Waals surface area contributed by atoms with E-state index in [1.807, 2.05) is 11.6 Å². The molecule has 3 aromatic rings. The fourth-order valence-electron chi connectivity index (χ4n) is 1.65. The Bertz CT molecular complexity index is 721. The molecule has 3 rings (SSSR count). The number of hydrogen-bond donors (Lipinski definition) is 1. The van der Waals surface area contributed by atoms with Crippen LogP contribution in [0.2, 0.25) is 5.28 Å². The first-order valence-corrected chi connectivity index (χ1v) is 6.43. The van der Waals surface area contributed by atoms with Crippen LogP contribution in [-0.2, 0) is 13.5 Å². The minimum absolute atomic E-state index is 0.0802. The lowest BCUT2D eigenvalue weighted by molar-refractivity contribution is 0.774. The Morgan fingerprint density at radius 2 is 2.14 bits per heavy atom. The summed E-state index contributed by atoms with van der Waals surface area (Å²) in [6.45, 7) is 0.587. The fraction of sp³-hybridized carbons (Fsp3) is 0.300. The molecule has 3 heterocycles. The van der Waals surface area contributed by atoms with E-state index >= 15 is 0 Å². The molecule has 108 valence electrons. The highest BCUT2D eigenvalue weighted by molar-refractivity contribution is 6.28. The molecule has 10 nitrogen and oxygen atoms in total. The van der Waals surface area contributed by atoms with Gasteiger partial charge in [-0.15, -0.1) is 10.2 Å². The van der Waals surface area contributed by atoms with Crippen LogP contribution >= 0.6 is 11.6 Å². The van der Waals surface area contributed by atoms with E-state index in [2.05, 4.69) is 40.5 Å². The molecule has 0 aromatic carbocycles. The summed E-state index contributed by atoms with van der Waals surface area (Å²) in [7, 11) is 1.89. The number of aromatic nitrogens is 9. The molecule has 11 heteroatoms. The molecule has 0 spiro atoms. The highest BCUT2D eigenvalue weighted by Gasteiger charge is 2.08. The van der Waals surface area contributed by atoms with Crippen LogP contribution in [0.4, 0.5) is 5.95 Å². The Morgan fingerprint density at radius 3 is 2.86 bits per heavy atom. The monoisotopic (exact) mass is 306 g/mol. The van der Waals surface area contributed by atoms with Crippen LogP contribution in [0.25, 0.3) is 5.95 Å². The summed E-state index contributed by atoms with van der Waals surface area (Å²) < 4.78 is 3.25. The number of nitrogens with one attached hydrogen (secondary N) is 1. The Hall–Kier alpha value is -2.62. The van der Waals surface area contributed by atoms with Crippen LogP contribution in [0.15, 0.2) is 19.0 Å². The molecule has 0 atom stereocenters. The second-order valence-electron chi connectivity index (χ2n) is 4.10. The van der Waals surface area contributed by atoms with E-state index in [0.29, 0.717) is 24.9 Å². The maximum atomic E-state index is 5.88. The standard InChI is InChI=1S/C10H11ClN10/c1-20-6-14-19-7(20)2-3-13-9-16-8(11)17-10(18-9)21-5-12-4-15-21/h4-6H,2-3H2,1H3,(H,13,16,17,18). The van der Waals surface area contributed by atoms with E-state index < -0.39 is 0 Å². The lowest BCUT2D eigenvalue weighted by atomic mass is 10.4. The van der Waals surface area contributed by atoms with Gasteiger partial charge in [0.1, 0.15) is 24.8 Å². The van der Waals surface area contributed by atoms with Gasteiger partial charge >= 0.3 is 0 Å². The SMILES string of the molecule is Cn1cnnc1CCNc1nc(Cl)nc(-n2cncn2)n1. The summed E-state index contributed by atoms with van der Waals surface area (Å²) in [5.41, 5.74) is 0. The highest BCUT2D eigenvalue weighted by Crippen LogP contribution is 2.08. The maximum absolute atomic E-state index is 5.88. The average Bonchev–Trinajstić information content (AvgIpc) is 3.10. The number of hydrogen-bond acceptors (Lipinski definition) is 8. The molecule has 3 aromatic heterocycles. The minimum atomic E-state index is 0.0802. The molecular weight excluding hydrogens is 296 g/mol. The van der Waals surface area contributed by atoms with E-state index in [0.717, 1.165) is 5.82 Å². The smallest absolute Gasteiger partial charge is 0.258 e. The van der Waals surface area contributed by atoms with Crippen molar-refractivity contribution in [2.75, 3.05) is 11.9 Å². The van der Waals surface area contributed by atoms with Crippen molar-refractivity contribution in [3.63, 3.8) is 0 Å². The normalized spacial score (nSPS) is 10.8. The summed E-state index contributed by atoms with van der Waals surface area (Å²) in [6, 6.07) is 0. The first kappa shape index (κ1) is 13.4. The Balaban J connectivity index is 1.69. The highest BCUT2D eigenvalue weighted by atomic mass is 35.5. The van der Waals surface area contributed by atoms with Crippen molar-refractivity contribution in [3.8, 4) is 5.95 Å². The number of anilines is 1. The van der Waals surface area contributed by atoms with Gasteiger partial charge in [0.15, 0.2) is 0 Å². The van der Waals surface area contributed by atoms with E-state index in [1.165, 1.54) is 17.3 Å². The van der Waals surface area contributed by atoms with Crippen LogP contribution in [0.5, 0.6) is 0 Å². The number of nitrogens with zero attached hydrogens (tertiary/aromatic N) is 9. The van der Waals surface area contributed by atoms with Crippen LogP contribution in [0, 0.1) is 0 Å². The van der Waals surface area contributed by atoms with Gasteiger partial charge in [-0.25, -0.2) is 4.98 Å². The fourth-order valence-corrected chi connectivity index (χ4v) is 1.81. The van der Waals surface area contributed by atoms with Gasteiger partial charge in [0.25, 0.3) is 5.95 Å². The summed E-state index contributed by atoms with van der Waals surface area (Å²) in [6.07, 6.45) is 5.20. The topological polar surface area (TPSA) is 112 Å². The summed E-state index contributed by atoms with van der Waals surface area (Å²) in [4.78, 5) is 16.0.